The fourth-order valence-corrected chi connectivity index (χ4v) is 5.08. The summed E-state index contributed by atoms with van der Waals surface area (Å²) in [5, 5.41) is 20.2. The van der Waals surface area contributed by atoms with Gasteiger partial charge in [0.25, 0.3) is 0 Å². The van der Waals surface area contributed by atoms with E-state index in [1.165, 1.54) is 6.66 Å². The molecule has 7 nitrogen and oxygen atoms in total. The zero-order valence-corrected chi connectivity index (χ0v) is 23.3. The Kier molecular flexibility index (Phi) is 11.0. The van der Waals surface area contributed by atoms with Gasteiger partial charge < -0.3 is 28.1 Å². The number of hydrogen-bond donors (Lipinski definition) is 2. The van der Waals surface area contributed by atoms with Crippen LogP contribution < -0.4 is 0 Å². The molecule has 10 heteroatoms. The van der Waals surface area contributed by atoms with E-state index in [0.29, 0.717) is 0 Å². The maximum atomic E-state index is 12.4. The predicted octanol–water partition coefficient (Wildman–Crippen LogP) is 5.30. The van der Waals surface area contributed by atoms with E-state index in [1.54, 1.807) is 0 Å². The van der Waals surface area contributed by atoms with E-state index < -0.39 is 36.8 Å². The Morgan fingerprint density at radius 2 is 1.03 bits per heavy atom. The number of rotatable bonds is 12. The first-order valence-electron chi connectivity index (χ1n) is 10.3. The van der Waals surface area contributed by atoms with E-state index >= 15 is 0 Å². The molecular weight excluding hydrogens is 427 g/mol. The van der Waals surface area contributed by atoms with Crippen molar-refractivity contribution in [3.8, 4) is 0 Å². The minimum Gasteiger partial charge on any atom is -0.392 e. The lowest BCUT2D eigenvalue weighted by Gasteiger charge is -2.38. The summed E-state index contributed by atoms with van der Waals surface area (Å²) in [6.45, 7) is 22.3. The fraction of sp³-hybridized carbons (Fsp3) is 1.00. The summed E-state index contributed by atoms with van der Waals surface area (Å²) in [4.78, 5) is 0. The highest BCUT2D eigenvalue weighted by atomic mass is 31.2. The number of aliphatic hydroxyl groups is 2. The first-order chi connectivity index (χ1) is 12.7. The first kappa shape index (κ1) is 29.4. The maximum absolute atomic E-state index is 12.4. The molecule has 2 N–H and O–H groups in total. The lowest BCUT2D eigenvalue weighted by Crippen LogP contribution is -2.44. The monoisotopic (exact) mass is 472 g/mol. The quantitative estimate of drug-likeness (QED) is 0.226. The number of hydrogen-bond acceptors (Lipinski definition) is 7. The zero-order chi connectivity index (χ0) is 23.3. The van der Waals surface area contributed by atoms with Crippen LogP contribution in [0.25, 0.3) is 0 Å². The fourth-order valence-electron chi connectivity index (χ4n) is 1.83. The third-order valence-corrected chi connectivity index (χ3v) is 16.1. The Balaban J connectivity index is 4.30. The molecule has 0 heterocycles. The summed E-state index contributed by atoms with van der Waals surface area (Å²) in [5.41, 5.74) is 0. The molecule has 2 atom stereocenters. The van der Waals surface area contributed by atoms with Gasteiger partial charge in [-0.3, -0.25) is 4.57 Å². The van der Waals surface area contributed by atoms with E-state index in [4.69, 9.17) is 17.9 Å². The molecule has 0 amide bonds. The van der Waals surface area contributed by atoms with E-state index in [0.717, 1.165) is 0 Å². The van der Waals surface area contributed by atoms with E-state index in [1.807, 2.05) is 0 Å². The van der Waals surface area contributed by atoms with Gasteiger partial charge in [-0.2, -0.15) is 0 Å². The Morgan fingerprint density at radius 3 is 1.28 bits per heavy atom. The minimum absolute atomic E-state index is 0.00862. The summed E-state index contributed by atoms with van der Waals surface area (Å²) in [6.07, 6.45) is -1.50. The zero-order valence-electron chi connectivity index (χ0n) is 20.4. The van der Waals surface area contributed by atoms with E-state index in [2.05, 4.69) is 67.7 Å². The third-order valence-electron chi connectivity index (χ3n) is 5.85. The number of aliphatic hydroxyl groups excluding tert-OH is 2. The Labute approximate surface area is 180 Å². The standard InChI is InChI=1S/C19H45O7PSi2/c1-18(2,3)28(8,9)25-16(20)12-14-23-27(7,22)24-15-13-17(21)26-29(10,11)19(4,5)6/h16-17,20-21H,12-15H2,1-11H3. The molecule has 0 aromatic heterocycles. The molecule has 0 aliphatic carbocycles. The van der Waals surface area contributed by atoms with Gasteiger partial charge in [-0.1, -0.05) is 41.5 Å². The topological polar surface area (TPSA) is 94.5 Å². The normalized spacial score (nSPS) is 18.4. The molecule has 2 unspecified atom stereocenters. The van der Waals surface area contributed by atoms with Gasteiger partial charge in [0.2, 0.25) is 0 Å². The minimum atomic E-state index is -3.28. The largest absolute Gasteiger partial charge is 0.392 e. The highest BCUT2D eigenvalue weighted by Crippen LogP contribution is 2.44. The summed E-state index contributed by atoms with van der Waals surface area (Å²) >= 11 is 0. The van der Waals surface area contributed by atoms with Crippen molar-refractivity contribution in [3.05, 3.63) is 0 Å². The molecule has 0 saturated heterocycles. The molecule has 0 aromatic rings. The lowest BCUT2D eigenvalue weighted by molar-refractivity contribution is -0.0447. The van der Waals surface area contributed by atoms with Crippen LogP contribution in [-0.2, 0) is 22.5 Å². The van der Waals surface area contributed by atoms with Crippen molar-refractivity contribution in [3.63, 3.8) is 0 Å². The highest BCUT2D eigenvalue weighted by molar-refractivity contribution is 7.52. The summed E-state index contributed by atoms with van der Waals surface area (Å²) in [6, 6.07) is 0. The maximum Gasteiger partial charge on any atom is 0.327 e. The van der Waals surface area contributed by atoms with Crippen molar-refractivity contribution < 1.29 is 32.7 Å². The van der Waals surface area contributed by atoms with Gasteiger partial charge in [0.1, 0.15) is 12.6 Å². The average molecular weight is 473 g/mol. The van der Waals surface area contributed by atoms with Crippen LogP contribution in [0.3, 0.4) is 0 Å². The first-order valence-corrected chi connectivity index (χ1v) is 18.1. The van der Waals surface area contributed by atoms with Gasteiger partial charge >= 0.3 is 7.60 Å². The average Bonchev–Trinajstić information content (AvgIpc) is 2.42. The Morgan fingerprint density at radius 1 is 0.759 bits per heavy atom. The van der Waals surface area contributed by atoms with Crippen LogP contribution in [0.4, 0.5) is 0 Å². The van der Waals surface area contributed by atoms with Gasteiger partial charge in [0.15, 0.2) is 16.6 Å². The van der Waals surface area contributed by atoms with Crippen LogP contribution in [0.5, 0.6) is 0 Å². The van der Waals surface area contributed by atoms with Crippen molar-refractivity contribution in [2.24, 2.45) is 0 Å². The van der Waals surface area contributed by atoms with Crippen LogP contribution >= 0.6 is 7.60 Å². The molecule has 0 aliphatic heterocycles. The summed E-state index contributed by atoms with van der Waals surface area (Å²) in [7, 11) is -7.43. The Bertz CT molecular complexity index is 498. The smallest absolute Gasteiger partial charge is 0.327 e. The lowest BCUT2D eigenvalue weighted by atomic mass is 10.2. The molecular formula is C19H45O7PSi2. The summed E-state index contributed by atoms with van der Waals surface area (Å²) in [5.74, 6) is 0. The van der Waals surface area contributed by atoms with Gasteiger partial charge in [-0.25, -0.2) is 0 Å². The highest BCUT2D eigenvalue weighted by Gasteiger charge is 2.40. The second kappa shape index (κ2) is 10.8. The second-order valence-electron chi connectivity index (χ2n) is 10.7. The molecule has 0 radical (unpaired) electrons. The van der Waals surface area contributed by atoms with E-state index in [9.17, 15) is 14.8 Å². The molecule has 0 fully saturated rings. The third kappa shape index (κ3) is 11.0. The van der Waals surface area contributed by atoms with Crippen molar-refractivity contribution in [2.75, 3.05) is 19.9 Å². The molecule has 176 valence electrons. The van der Waals surface area contributed by atoms with Gasteiger partial charge in [-0.15, -0.1) is 0 Å². The second-order valence-corrected chi connectivity index (χ2v) is 22.3. The van der Waals surface area contributed by atoms with Crippen molar-refractivity contribution in [1.29, 1.82) is 0 Å². The molecule has 0 rings (SSSR count). The van der Waals surface area contributed by atoms with Gasteiger partial charge in [-0.05, 0) is 36.3 Å². The molecule has 0 aliphatic rings. The summed E-state index contributed by atoms with van der Waals surface area (Å²) < 4.78 is 34.7. The van der Waals surface area contributed by atoms with Crippen molar-refractivity contribution in [1.82, 2.24) is 0 Å². The molecule has 0 spiro atoms. The molecule has 0 aromatic carbocycles. The van der Waals surface area contributed by atoms with Crippen LogP contribution in [0.2, 0.25) is 36.3 Å². The molecule has 29 heavy (non-hydrogen) atoms. The van der Waals surface area contributed by atoms with Crippen molar-refractivity contribution in [2.45, 2.75) is 103 Å². The SMILES string of the molecule is CC(C)(C)[Si](C)(C)OC(O)CCOP(C)(=O)OCCC(O)O[Si](C)(C)C(C)(C)C. The molecule has 0 saturated carbocycles. The van der Waals surface area contributed by atoms with Crippen LogP contribution in [0.15, 0.2) is 0 Å². The van der Waals surface area contributed by atoms with Gasteiger partial charge in [0.05, 0.1) is 13.2 Å². The van der Waals surface area contributed by atoms with Crippen LogP contribution in [0.1, 0.15) is 54.4 Å². The van der Waals surface area contributed by atoms with Gasteiger partial charge in [0, 0.05) is 19.5 Å². The van der Waals surface area contributed by atoms with Crippen LogP contribution in [0, 0.1) is 0 Å². The van der Waals surface area contributed by atoms with E-state index in [-0.39, 0.29) is 36.1 Å². The molecule has 0 bridgehead atoms. The predicted molar refractivity (Wildman–Crippen MR) is 123 cm³/mol. The van der Waals surface area contributed by atoms with Crippen LogP contribution in [-0.4, -0.2) is 59.3 Å². The Hall–Kier alpha value is 0.424. The van der Waals surface area contributed by atoms with Crippen molar-refractivity contribution >= 4 is 24.2 Å².